The van der Waals surface area contributed by atoms with Crippen LogP contribution in [-0.4, -0.2) is 19.9 Å². The third kappa shape index (κ3) is 2.83. The minimum absolute atomic E-state index is 0.0684. The lowest BCUT2D eigenvalue weighted by Gasteiger charge is -2.12. The summed E-state index contributed by atoms with van der Waals surface area (Å²) in [7, 11) is 0. The predicted octanol–water partition coefficient (Wildman–Crippen LogP) is 2.82. The van der Waals surface area contributed by atoms with Crippen molar-refractivity contribution in [2.45, 2.75) is 13.0 Å². The molecule has 4 rings (SSSR count). The quantitative estimate of drug-likeness (QED) is 0.615. The van der Waals surface area contributed by atoms with Crippen molar-refractivity contribution in [1.29, 1.82) is 0 Å². The summed E-state index contributed by atoms with van der Waals surface area (Å²) in [4.78, 5) is 29.0. The van der Waals surface area contributed by atoms with Crippen LogP contribution in [0.3, 0.4) is 0 Å². The van der Waals surface area contributed by atoms with Crippen molar-refractivity contribution in [1.82, 2.24) is 14.0 Å². The fraction of sp³-hybridized carbons (Fsp3) is 0.105. The molecular formula is C19H15FN4O2. The molecular weight excluding hydrogens is 335 g/mol. The second-order valence-corrected chi connectivity index (χ2v) is 5.87. The summed E-state index contributed by atoms with van der Waals surface area (Å²) < 4.78 is 16.9. The maximum absolute atomic E-state index is 13.7. The molecule has 0 aliphatic heterocycles. The standard InChI is InChI=1S/C19H15FN4O2/c20-13-6-7-14-16(12-13)24(19(26)15-4-3-10-23(14)15)11-8-18(25)22-17-5-1-2-9-21-17/h1-7,9-10,12H,8,11H2,(H,21,22,25). The number of anilines is 1. The molecule has 0 bridgehead atoms. The summed E-state index contributed by atoms with van der Waals surface area (Å²) in [6.07, 6.45) is 3.41. The zero-order valence-electron chi connectivity index (χ0n) is 13.7. The minimum atomic E-state index is -0.435. The van der Waals surface area contributed by atoms with Crippen molar-refractivity contribution >= 4 is 28.3 Å². The molecule has 1 amide bonds. The molecule has 1 N–H and O–H groups in total. The van der Waals surface area contributed by atoms with Crippen LogP contribution in [0.1, 0.15) is 6.42 Å². The summed E-state index contributed by atoms with van der Waals surface area (Å²) in [6, 6.07) is 13.0. The molecule has 0 atom stereocenters. The van der Waals surface area contributed by atoms with Crippen molar-refractivity contribution in [2.75, 3.05) is 5.32 Å². The molecule has 130 valence electrons. The molecule has 6 nitrogen and oxygen atoms in total. The smallest absolute Gasteiger partial charge is 0.275 e. The minimum Gasteiger partial charge on any atom is -0.311 e. The molecule has 0 radical (unpaired) electrons. The molecule has 4 aromatic rings. The van der Waals surface area contributed by atoms with Crippen molar-refractivity contribution in [2.24, 2.45) is 0 Å². The molecule has 0 unspecified atom stereocenters. The average Bonchev–Trinajstić information content (AvgIpc) is 3.12. The first-order valence-electron chi connectivity index (χ1n) is 8.13. The van der Waals surface area contributed by atoms with Crippen molar-refractivity contribution < 1.29 is 9.18 Å². The van der Waals surface area contributed by atoms with Crippen molar-refractivity contribution in [3.63, 3.8) is 0 Å². The molecule has 7 heteroatoms. The normalized spacial score (nSPS) is 11.1. The van der Waals surface area contributed by atoms with Gasteiger partial charge in [-0.2, -0.15) is 0 Å². The summed E-state index contributed by atoms with van der Waals surface area (Å²) >= 11 is 0. The Labute approximate surface area is 147 Å². The van der Waals surface area contributed by atoms with Gasteiger partial charge in [-0.15, -0.1) is 0 Å². The van der Waals surface area contributed by atoms with E-state index in [-0.39, 0.29) is 24.4 Å². The van der Waals surface area contributed by atoms with E-state index in [1.54, 1.807) is 53.2 Å². The van der Waals surface area contributed by atoms with E-state index < -0.39 is 5.82 Å². The topological polar surface area (TPSA) is 68.4 Å². The zero-order chi connectivity index (χ0) is 18.1. The van der Waals surface area contributed by atoms with Crippen LogP contribution >= 0.6 is 0 Å². The van der Waals surface area contributed by atoms with E-state index >= 15 is 0 Å². The number of aryl methyl sites for hydroxylation is 1. The Bertz CT molecular complexity index is 1160. The van der Waals surface area contributed by atoms with Crippen LogP contribution in [0.25, 0.3) is 16.6 Å². The van der Waals surface area contributed by atoms with Gasteiger partial charge in [0.05, 0.1) is 11.0 Å². The number of nitrogens with one attached hydrogen (secondary N) is 1. The second kappa shape index (κ2) is 6.44. The van der Waals surface area contributed by atoms with E-state index in [1.807, 2.05) is 0 Å². The SMILES string of the molecule is O=C(CCn1c(=O)c2cccn2c2ccc(F)cc21)Nc1ccccn1. The zero-order valence-corrected chi connectivity index (χ0v) is 13.7. The van der Waals surface area contributed by atoms with Gasteiger partial charge in [0.2, 0.25) is 5.91 Å². The fourth-order valence-electron chi connectivity index (χ4n) is 3.01. The second-order valence-electron chi connectivity index (χ2n) is 5.87. The van der Waals surface area contributed by atoms with Gasteiger partial charge in [-0.1, -0.05) is 6.07 Å². The third-order valence-corrected chi connectivity index (χ3v) is 4.20. The highest BCUT2D eigenvalue weighted by Gasteiger charge is 2.13. The molecule has 3 aromatic heterocycles. The number of rotatable bonds is 4. The molecule has 0 aliphatic rings. The molecule has 0 fully saturated rings. The van der Waals surface area contributed by atoms with E-state index in [1.165, 1.54) is 16.7 Å². The van der Waals surface area contributed by atoms with Gasteiger partial charge in [0.25, 0.3) is 5.56 Å². The van der Waals surface area contributed by atoms with Crippen LogP contribution in [0.2, 0.25) is 0 Å². The Morgan fingerprint density at radius 2 is 1.96 bits per heavy atom. The molecule has 0 aliphatic carbocycles. The van der Waals surface area contributed by atoms with E-state index in [4.69, 9.17) is 0 Å². The van der Waals surface area contributed by atoms with E-state index in [9.17, 15) is 14.0 Å². The Balaban J connectivity index is 1.69. The fourth-order valence-corrected chi connectivity index (χ4v) is 3.01. The van der Waals surface area contributed by atoms with Crippen LogP contribution < -0.4 is 10.9 Å². The predicted molar refractivity (Wildman–Crippen MR) is 96.6 cm³/mol. The summed E-state index contributed by atoms with van der Waals surface area (Å²) in [5, 5.41) is 2.68. The van der Waals surface area contributed by atoms with Gasteiger partial charge in [-0.05, 0) is 42.5 Å². The van der Waals surface area contributed by atoms with E-state index in [2.05, 4.69) is 10.3 Å². The van der Waals surface area contributed by atoms with Crippen molar-refractivity contribution in [3.05, 3.63) is 77.1 Å². The molecule has 26 heavy (non-hydrogen) atoms. The Hall–Kier alpha value is -3.48. The van der Waals surface area contributed by atoms with Gasteiger partial charge < -0.3 is 14.3 Å². The Morgan fingerprint density at radius 1 is 1.08 bits per heavy atom. The van der Waals surface area contributed by atoms with Gasteiger partial charge >= 0.3 is 0 Å². The molecule has 3 heterocycles. The number of halogens is 1. The number of carbonyl (C=O) groups is 1. The lowest BCUT2D eigenvalue weighted by atomic mass is 10.2. The number of hydrogen-bond acceptors (Lipinski definition) is 3. The Kier molecular flexibility index (Phi) is 3.96. The van der Waals surface area contributed by atoms with Crippen LogP contribution in [-0.2, 0) is 11.3 Å². The number of pyridine rings is 1. The van der Waals surface area contributed by atoms with Crippen LogP contribution in [0.15, 0.2) is 65.7 Å². The molecule has 0 spiro atoms. The average molecular weight is 350 g/mol. The highest BCUT2D eigenvalue weighted by atomic mass is 19.1. The van der Waals surface area contributed by atoms with Gasteiger partial charge in [-0.3, -0.25) is 9.59 Å². The maximum Gasteiger partial charge on any atom is 0.275 e. The molecule has 0 saturated carbocycles. The Morgan fingerprint density at radius 3 is 2.77 bits per heavy atom. The number of amides is 1. The number of nitrogens with zero attached hydrogens (tertiary/aromatic N) is 3. The number of aromatic nitrogens is 3. The lowest BCUT2D eigenvalue weighted by molar-refractivity contribution is -0.116. The number of benzene rings is 1. The van der Waals surface area contributed by atoms with Crippen LogP contribution in [0, 0.1) is 5.82 Å². The first-order valence-corrected chi connectivity index (χ1v) is 8.13. The first-order chi connectivity index (χ1) is 12.6. The monoisotopic (exact) mass is 350 g/mol. The summed E-state index contributed by atoms with van der Waals surface area (Å²) in [5.41, 5.74) is 1.37. The van der Waals surface area contributed by atoms with Gasteiger partial charge in [0.1, 0.15) is 17.2 Å². The largest absolute Gasteiger partial charge is 0.311 e. The maximum atomic E-state index is 13.7. The van der Waals surface area contributed by atoms with Gasteiger partial charge in [-0.25, -0.2) is 9.37 Å². The van der Waals surface area contributed by atoms with Crippen molar-refractivity contribution in [3.8, 4) is 0 Å². The molecule has 1 aromatic carbocycles. The van der Waals surface area contributed by atoms with Gasteiger partial charge in [0.15, 0.2) is 0 Å². The summed E-state index contributed by atoms with van der Waals surface area (Å²) in [6.45, 7) is 0.138. The highest BCUT2D eigenvalue weighted by Crippen LogP contribution is 2.17. The van der Waals surface area contributed by atoms with Gasteiger partial charge in [0, 0.05) is 25.4 Å². The highest BCUT2D eigenvalue weighted by molar-refractivity contribution is 5.89. The van der Waals surface area contributed by atoms with Crippen LogP contribution in [0.4, 0.5) is 10.2 Å². The summed E-state index contributed by atoms with van der Waals surface area (Å²) in [5.74, 6) is -0.256. The third-order valence-electron chi connectivity index (χ3n) is 4.20. The van der Waals surface area contributed by atoms with E-state index in [0.717, 1.165) is 0 Å². The number of hydrogen-bond donors (Lipinski definition) is 1. The number of fused-ring (bicyclic) bond motifs is 3. The first kappa shape index (κ1) is 16.0. The molecule has 0 saturated heterocycles. The lowest BCUT2D eigenvalue weighted by Crippen LogP contribution is -2.25. The van der Waals surface area contributed by atoms with Crippen LogP contribution in [0.5, 0.6) is 0 Å². The van der Waals surface area contributed by atoms with E-state index in [0.29, 0.717) is 22.4 Å². The number of carbonyl (C=O) groups excluding carboxylic acids is 1.